The number of imidazole rings is 1. The molecule has 5 heteroatoms. The van der Waals surface area contributed by atoms with E-state index in [-0.39, 0.29) is 0 Å². The predicted octanol–water partition coefficient (Wildman–Crippen LogP) is 2.60. The van der Waals surface area contributed by atoms with Crippen LogP contribution in [0.3, 0.4) is 0 Å². The number of aryl methyl sites for hydroxylation is 1. The van der Waals surface area contributed by atoms with Crippen molar-refractivity contribution in [3.05, 3.63) is 23.8 Å². The van der Waals surface area contributed by atoms with Crippen molar-refractivity contribution in [2.75, 3.05) is 0 Å². The van der Waals surface area contributed by atoms with E-state index < -0.39 is 0 Å². The Kier molecular flexibility index (Phi) is 2.54. The molecular weight excluding hydrogens is 202 g/mol. The van der Waals surface area contributed by atoms with Crippen LogP contribution in [0.15, 0.2) is 23.1 Å². The van der Waals surface area contributed by atoms with E-state index in [4.69, 9.17) is 16.1 Å². The molecule has 14 heavy (non-hydrogen) atoms. The summed E-state index contributed by atoms with van der Waals surface area (Å²) in [4.78, 5) is 4.06. The van der Waals surface area contributed by atoms with Crippen molar-refractivity contribution in [2.24, 2.45) is 0 Å². The van der Waals surface area contributed by atoms with E-state index in [1.54, 1.807) is 18.6 Å². The molecule has 0 saturated carbocycles. The Hall–Kier alpha value is -1.29. The summed E-state index contributed by atoms with van der Waals surface area (Å²) in [7, 11) is 0. The van der Waals surface area contributed by atoms with Crippen LogP contribution in [-0.4, -0.2) is 14.7 Å². The first-order valence-electron chi connectivity index (χ1n) is 4.44. The number of aromatic nitrogens is 3. The average molecular weight is 212 g/mol. The Labute approximate surface area is 86.5 Å². The van der Waals surface area contributed by atoms with Crippen LogP contribution in [0.2, 0.25) is 5.22 Å². The van der Waals surface area contributed by atoms with Gasteiger partial charge in [-0.15, -0.1) is 0 Å². The van der Waals surface area contributed by atoms with E-state index in [9.17, 15) is 0 Å². The molecule has 4 nitrogen and oxygen atoms in total. The summed E-state index contributed by atoms with van der Waals surface area (Å²) < 4.78 is 6.82. The van der Waals surface area contributed by atoms with Gasteiger partial charge in [0.25, 0.3) is 0 Å². The first-order valence-corrected chi connectivity index (χ1v) is 4.81. The second kappa shape index (κ2) is 3.84. The third-order valence-electron chi connectivity index (χ3n) is 1.92. The van der Waals surface area contributed by atoms with Crippen molar-refractivity contribution >= 4 is 11.6 Å². The van der Waals surface area contributed by atoms with E-state index in [1.807, 2.05) is 4.57 Å². The van der Waals surface area contributed by atoms with Crippen LogP contribution in [0.4, 0.5) is 0 Å². The van der Waals surface area contributed by atoms with Gasteiger partial charge in [0.2, 0.25) is 5.22 Å². The molecule has 74 valence electrons. The molecule has 2 heterocycles. The summed E-state index contributed by atoms with van der Waals surface area (Å²) in [6.45, 7) is 3.03. The molecule has 0 atom stereocenters. The Balaban J connectivity index is 2.36. The van der Waals surface area contributed by atoms with Crippen LogP contribution >= 0.6 is 11.6 Å². The summed E-state index contributed by atoms with van der Waals surface area (Å²) in [5.74, 6) is 0. The smallest absolute Gasteiger partial charge is 0.226 e. The molecule has 0 N–H and O–H groups in total. The lowest BCUT2D eigenvalue weighted by atomic mass is 10.3. The molecule has 0 spiro atoms. The third kappa shape index (κ3) is 1.65. The largest absolute Gasteiger partial charge is 0.344 e. The molecule has 0 aliphatic carbocycles. The number of hydrogen-bond donors (Lipinski definition) is 0. The summed E-state index contributed by atoms with van der Waals surface area (Å²) in [6, 6.07) is 1.69. The third-order valence-corrected chi connectivity index (χ3v) is 2.10. The second-order valence-corrected chi connectivity index (χ2v) is 3.36. The molecule has 0 unspecified atom stereocenters. The zero-order valence-electron chi connectivity index (χ0n) is 7.77. The summed E-state index contributed by atoms with van der Waals surface area (Å²) >= 11 is 5.65. The highest BCUT2D eigenvalue weighted by atomic mass is 35.5. The van der Waals surface area contributed by atoms with Gasteiger partial charge in [0.05, 0.1) is 18.2 Å². The molecule has 0 fully saturated rings. The lowest BCUT2D eigenvalue weighted by Gasteiger charge is -2.02. The van der Waals surface area contributed by atoms with Gasteiger partial charge < -0.3 is 9.09 Å². The minimum absolute atomic E-state index is 0.296. The molecule has 0 saturated heterocycles. The molecule has 0 radical (unpaired) electrons. The highest BCUT2D eigenvalue weighted by molar-refractivity contribution is 6.29. The van der Waals surface area contributed by atoms with Crippen LogP contribution < -0.4 is 0 Å². The van der Waals surface area contributed by atoms with Gasteiger partial charge in [0.15, 0.2) is 0 Å². The number of nitrogens with zero attached hydrogens (tertiary/aromatic N) is 3. The topological polar surface area (TPSA) is 43.9 Å². The van der Waals surface area contributed by atoms with Crippen molar-refractivity contribution < 1.29 is 4.52 Å². The maximum Gasteiger partial charge on any atom is 0.226 e. The zero-order chi connectivity index (χ0) is 9.97. The Morgan fingerprint density at radius 1 is 1.57 bits per heavy atom. The van der Waals surface area contributed by atoms with Crippen molar-refractivity contribution in [1.82, 2.24) is 14.7 Å². The van der Waals surface area contributed by atoms with Crippen molar-refractivity contribution in [2.45, 2.75) is 19.9 Å². The molecule has 0 bridgehead atoms. The standard InChI is InChI=1S/C9H10ClN3O/c1-2-3-13-6-11-5-8(13)7-4-9(10)14-12-7/h4-6H,2-3H2,1H3. The Morgan fingerprint density at radius 3 is 3.07 bits per heavy atom. The highest BCUT2D eigenvalue weighted by Gasteiger charge is 2.09. The van der Waals surface area contributed by atoms with Crippen LogP contribution in [0.1, 0.15) is 13.3 Å². The van der Waals surface area contributed by atoms with Crippen LogP contribution in [0, 0.1) is 0 Å². The fourth-order valence-corrected chi connectivity index (χ4v) is 1.46. The Morgan fingerprint density at radius 2 is 2.43 bits per heavy atom. The van der Waals surface area contributed by atoms with Gasteiger partial charge in [0.1, 0.15) is 5.69 Å². The minimum atomic E-state index is 0.296. The van der Waals surface area contributed by atoms with E-state index in [1.165, 1.54) is 0 Å². The average Bonchev–Trinajstić information content (AvgIpc) is 2.74. The van der Waals surface area contributed by atoms with E-state index in [2.05, 4.69) is 17.1 Å². The normalized spacial score (nSPS) is 10.7. The first-order chi connectivity index (χ1) is 6.81. The van der Waals surface area contributed by atoms with Crippen molar-refractivity contribution in [1.29, 1.82) is 0 Å². The van der Waals surface area contributed by atoms with Gasteiger partial charge in [-0.1, -0.05) is 12.1 Å². The fraction of sp³-hybridized carbons (Fsp3) is 0.333. The van der Waals surface area contributed by atoms with E-state index >= 15 is 0 Å². The predicted molar refractivity (Wildman–Crippen MR) is 53.0 cm³/mol. The van der Waals surface area contributed by atoms with Crippen LogP contribution in [0.25, 0.3) is 11.4 Å². The van der Waals surface area contributed by atoms with Crippen LogP contribution in [-0.2, 0) is 6.54 Å². The number of rotatable bonds is 3. The molecule has 0 aliphatic heterocycles. The molecule has 0 amide bonds. The van der Waals surface area contributed by atoms with E-state index in [0.717, 1.165) is 24.4 Å². The van der Waals surface area contributed by atoms with Gasteiger partial charge in [-0.05, 0) is 18.0 Å². The zero-order valence-corrected chi connectivity index (χ0v) is 8.53. The number of hydrogen-bond acceptors (Lipinski definition) is 3. The number of halogens is 1. The van der Waals surface area contributed by atoms with Gasteiger partial charge in [-0.25, -0.2) is 4.98 Å². The van der Waals surface area contributed by atoms with Gasteiger partial charge >= 0.3 is 0 Å². The molecule has 2 rings (SSSR count). The molecule has 0 aliphatic rings. The molecular formula is C9H10ClN3O. The van der Waals surface area contributed by atoms with Gasteiger partial charge in [0, 0.05) is 12.6 Å². The molecule has 2 aromatic rings. The summed E-state index contributed by atoms with van der Waals surface area (Å²) in [5.41, 5.74) is 1.66. The fourth-order valence-electron chi connectivity index (χ4n) is 1.33. The maximum absolute atomic E-state index is 5.65. The SMILES string of the molecule is CCCn1cncc1-c1cc(Cl)on1. The lowest BCUT2D eigenvalue weighted by molar-refractivity contribution is 0.423. The van der Waals surface area contributed by atoms with Crippen LogP contribution in [0.5, 0.6) is 0 Å². The summed E-state index contributed by atoms with van der Waals surface area (Å²) in [5, 5.41) is 4.13. The maximum atomic E-state index is 5.65. The lowest BCUT2D eigenvalue weighted by Crippen LogP contribution is -1.96. The first kappa shape index (κ1) is 9.27. The minimum Gasteiger partial charge on any atom is -0.344 e. The molecule has 0 aromatic carbocycles. The quantitative estimate of drug-likeness (QED) is 0.784. The van der Waals surface area contributed by atoms with Crippen molar-refractivity contribution in [3.8, 4) is 11.4 Å². The Bertz CT molecular complexity index is 421. The van der Waals surface area contributed by atoms with Crippen molar-refractivity contribution in [3.63, 3.8) is 0 Å². The van der Waals surface area contributed by atoms with E-state index in [0.29, 0.717) is 5.22 Å². The van der Waals surface area contributed by atoms with Gasteiger partial charge in [-0.3, -0.25) is 0 Å². The summed E-state index contributed by atoms with van der Waals surface area (Å²) in [6.07, 6.45) is 4.58. The highest BCUT2D eigenvalue weighted by Crippen LogP contribution is 2.21. The van der Waals surface area contributed by atoms with Gasteiger partial charge in [-0.2, -0.15) is 0 Å². The second-order valence-electron chi connectivity index (χ2n) is 2.99. The molecule has 2 aromatic heterocycles. The monoisotopic (exact) mass is 211 g/mol.